The van der Waals surface area contributed by atoms with Gasteiger partial charge in [0, 0.05) is 22.6 Å². The standard InChI is InChI=1S/C14H12BrFN2O3/c1-21-13-6-5-10(15)7-11(13)17-8-9-3-2-4-12(14(9)16)18(19)20/h2-7,17H,8H2,1H3. The van der Waals surface area contributed by atoms with Gasteiger partial charge in [0.25, 0.3) is 0 Å². The lowest BCUT2D eigenvalue weighted by Gasteiger charge is -2.12. The minimum atomic E-state index is -0.830. The number of ether oxygens (including phenoxy) is 1. The van der Waals surface area contributed by atoms with Crippen LogP contribution in [0.5, 0.6) is 5.75 Å². The number of hydrogen-bond acceptors (Lipinski definition) is 4. The van der Waals surface area contributed by atoms with Gasteiger partial charge in [0.15, 0.2) is 0 Å². The zero-order chi connectivity index (χ0) is 15.4. The summed E-state index contributed by atoms with van der Waals surface area (Å²) < 4.78 is 20.0. The van der Waals surface area contributed by atoms with Crippen LogP contribution in [0.25, 0.3) is 0 Å². The molecule has 21 heavy (non-hydrogen) atoms. The highest BCUT2D eigenvalue weighted by molar-refractivity contribution is 9.10. The van der Waals surface area contributed by atoms with Crippen molar-refractivity contribution in [1.82, 2.24) is 0 Å². The van der Waals surface area contributed by atoms with E-state index in [9.17, 15) is 14.5 Å². The van der Waals surface area contributed by atoms with E-state index in [0.29, 0.717) is 11.4 Å². The number of nitro benzene ring substituents is 1. The first-order valence-corrected chi connectivity index (χ1v) is 6.81. The normalized spacial score (nSPS) is 10.2. The number of hydrogen-bond donors (Lipinski definition) is 1. The summed E-state index contributed by atoms with van der Waals surface area (Å²) in [7, 11) is 1.53. The summed E-state index contributed by atoms with van der Waals surface area (Å²) >= 11 is 3.34. The van der Waals surface area contributed by atoms with Gasteiger partial charge in [-0.3, -0.25) is 10.1 Å². The highest BCUT2D eigenvalue weighted by atomic mass is 79.9. The van der Waals surface area contributed by atoms with Gasteiger partial charge < -0.3 is 10.1 Å². The van der Waals surface area contributed by atoms with E-state index in [2.05, 4.69) is 21.2 Å². The van der Waals surface area contributed by atoms with E-state index < -0.39 is 16.4 Å². The molecule has 2 rings (SSSR count). The lowest BCUT2D eigenvalue weighted by molar-refractivity contribution is -0.387. The Kier molecular flexibility index (Phi) is 4.74. The van der Waals surface area contributed by atoms with Crippen molar-refractivity contribution in [2.75, 3.05) is 12.4 Å². The summed E-state index contributed by atoms with van der Waals surface area (Å²) in [4.78, 5) is 9.97. The molecule has 1 N–H and O–H groups in total. The zero-order valence-corrected chi connectivity index (χ0v) is 12.7. The van der Waals surface area contributed by atoms with E-state index in [1.54, 1.807) is 12.1 Å². The van der Waals surface area contributed by atoms with E-state index in [-0.39, 0.29) is 12.1 Å². The second-order valence-corrected chi connectivity index (χ2v) is 5.12. The summed E-state index contributed by atoms with van der Waals surface area (Å²) in [6.07, 6.45) is 0. The fourth-order valence-corrected chi connectivity index (χ4v) is 2.21. The van der Waals surface area contributed by atoms with Crippen molar-refractivity contribution >= 4 is 27.3 Å². The van der Waals surface area contributed by atoms with Gasteiger partial charge >= 0.3 is 5.69 Å². The van der Waals surface area contributed by atoms with Crippen LogP contribution in [0.1, 0.15) is 5.56 Å². The number of benzene rings is 2. The molecule has 0 aliphatic carbocycles. The molecule has 0 amide bonds. The Morgan fingerprint density at radius 1 is 1.38 bits per heavy atom. The van der Waals surface area contributed by atoms with Crippen LogP contribution in [0.4, 0.5) is 15.8 Å². The molecule has 0 saturated heterocycles. The molecule has 0 aliphatic rings. The van der Waals surface area contributed by atoms with Crippen molar-refractivity contribution < 1.29 is 14.1 Å². The number of anilines is 1. The molecule has 0 aromatic heterocycles. The molecule has 0 atom stereocenters. The van der Waals surface area contributed by atoms with Crippen molar-refractivity contribution in [2.24, 2.45) is 0 Å². The average Bonchev–Trinajstić information content (AvgIpc) is 2.46. The molecule has 0 radical (unpaired) electrons. The first kappa shape index (κ1) is 15.2. The quantitative estimate of drug-likeness (QED) is 0.647. The molecule has 0 bridgehead atoms. The average molecular weight is 355 g/mol. The number of nitrogens with one attached hydrogen (secondary N) is 1. The fourth-order valence-electron chi connectivity index (χ4n) is 1.85. The maximum atomic E-state index is 14.0. The van der Waals surface area contributed by atoms with Crippen LogP contribution in [0.3, 0.4) is 0 Å². The molecule has 2 aromatic carbocycles. The van der Waals surface area contributed by atoms with Crippen molar-refractivity contribution in [1.29, 1.82) is 0 Å². The van der Waals surface area contributed by atoms with E-state index >= 15 is 0 Å². The number of nitrogens with zero attached hydrogens (tertiary/aromatic N) is 1. The molecule has 0 unspecified atom stereocenters. The van der Waals surface area contributed by atoms with Gasteiger partial charge in [0.2, 0.25) is 5.82 Å². The summed E-state index contributed by atoms with van der Waals surface area (Å²) in [6, 6.07) is 9.46. The van der Waals surface area contributed by atoms with E-state index in [4.69, 9.17) is 4.74 Å². The Morgan fingerprint density at radius 3 is 2.81 bits per heavy atom. The van der Waals surface area contributed by atoms with E-state index in [1.165, 1.54) is 19.2 Å². The smallest absolute Gasteiger partial charge is 0.305 e. The van der Waals surface area contributed by atoms with E-state index in [0.717, 1.165) is 10.5 Å². The predicted octanol–water partition coefficient (Wildman–Crippen LogP) is 4.12. The van der Waals surface area contributed by atoms with Gasteiger partial charge in [-0.2, -0.15) is 4.39 Å². The molecule has 110 valence electrons. The van der Waals surface area contributed by atoms with Crippen LogP contribution in [-0.2, 0) is 6.54 Å². The maximum Gasteiger partial charge on any atom is 0.305 e. The number of nitro groups is 1. The molecule has 5 nitrogen and oxygen atoms in total. The zero-order valence-electron chi connectivity index (χ0n) is 11.1. The Labute approximate surface area is 129 Å². The van der Waals surface area contributed by atoms with Crippen molar-refractivity contribution in [3.05, 3.63) is 62.4 Å². The van der Waals surface area contributed by atoms with Crippen molar-refractivity contribution in [3.63, 3.8) is 0 Å². The summed E-state index contributed by atoms with van der Waals surface area (Å²) in [6.45, 7) is 0.111. The van der Waals surface area contributed by atoms with Crippen LogP contribution in [-0.4, -0.2) is 12.0 Å². The summed E-state index contributed by atoms with van der Waals surface area (Å²) in [5, 5.41) is 13.7. The van der Waals surface area contributed by atoms with Crippen molar-refractivity contribution in [3.8, 4) is 5.75 Å². The highest BCUT2D eigenvalue weighted by Gasteiger charge is 2.17. The van der Waals surface area contributed by atoms with Gasteiger partial charge in [-0.1, -0.05) is 28.1 Å². The third-order valence-electron chi connectivity index (χ3n) is 2.89. The molecule has 2 aromatic rings. The second-order valence-electron chi connectivity index (χ2n) is 4.21. The molecule has 0 aliphatic heterocycles. The Hall–Kier alpha value is -2.15. The molecule has 0 heterocycles. The van der Waals surface area contributed by atoms with Crippen LogP contribution in [0.15, 0.2) is 40.9 Å². The minimum Gasteiger partial charge on any atom is -0.495 e. The number of rotatable bonds is 5. The number of methoxy groups -OCH3 is 1. The molecular weight excluding hydrogens is 343 g/mol. The third-order valence-corrected chi connectivity index (χ3v) is 3.38. The molecule has 0 spiro atoms. The van der Waals surface area contributed by atoms with E-state index in [1.807, 2.05) is 6.07 Å². The predicted molar refractivity (Wildman–Crippen MR) is 81.1 cm³/mol. The Bertz CT molecular complexity index is 679. The minimum absolute atomic E-state index is 0.111. The molecule has 7 heteroatoms. The maximum absolute atomic E-state index is 14.0. The Balaban J connectivity index is 2.23. The molecule has 0 saturated carbocycles. The van der Waals surface area contributed by atoms with Gasteiger partial charge in [-0.25, -0.2) is 0 Å². The fraction of sp³-hybridized carbons (Fsp3) is 0.143. The summed E-state index contributed by atoms with van der Waals surface area (Å²) in [5.41, 5.74) is 0.347. The third kappa shape index (κ3) is 3.49. The van der Waals surface area contributed by atoms with Crippen LogP contribution < -0.4 is 10.1 Å². The molecular formula is C14H12BrFN2O3. The summed E-state index contributed by atoms with van der Waals surface area (Å²) in [5.74, 6) is -0.229. The van der Waals surface area contributed by atoms with Crippen molar-refractivity contribution in [2.45, 2.75) is 6.54 Å². The monoisotopic (exact) mass is 354 g/mol. The lowest BCUT2D eigenvalue weighted by Crippen LogP contribution is -2.05. The lowest BCUT2D eigenvalue weighted by atomic mass is 10.1. The Morgan fingerprint density at radius 2 is 2.14 bits per heavy atom. The first-order valence-electron chi connectivity index (χ1n) is 6.02. The first-order chi connectivity index (χ1) is 10.0. The van der Waals surface area contributed by atoms with Crippen LogP contribution >= 0.6 is 15.9 Å². The van der Waals surface area contributed by atoms with Crippen LogP contribution in [0, 0.1) is 15.9 Å². The number of halogens is 2. The van der Waals surface area contributed by atoms with Gasteiger partial charge in [-0.05, 0) is 18.2 Å². The molecule has 0 fully saturated rings. The largest absolute Gasteiger partial charge is 0.495 e. The van der Waals surface area contributed by atoms with Crippen LogP contribution in [0.2, 0.25) is 0 Å². The highest BCUT2D eigenvalue weighted by Crippen LogP contribution is 2.29. The topological polar surface area (TPSA) is 64.4 Å². The van der Waals surface area contributed by atoms with Gasteiger partial charge in [0.1, 0.15) is 5.75 Å². The SMILES string of the molecule is COc1ccc(Br)cc1NCc1cccc([N+](=O)[O-])c1F. The van der Waals surface area contributed by atoms with Gasteiger partial charge in [0.05, 0.1) is 17.7 Å². The van der Waals surface area contributed by atoms with Gasteiger partial charge in [-0.15, -0.1) is 0 Å². The second kappa shape index (κ2) is 6.53.